The van der Waals surface area contributed by atoms with Crippen molar-refractivity contribution in [3.63, 3.8) is 0 Å². The van der Waals surface area contributed by atoms with Gasteiger partial charge in [-0.2, -0.15) is 0 Å². The average Bonchev–Trinajstić information content (AvgIpc) is 2.84. The van der Waals surface area contributed by atoms with Crippen LogP contribution in [0.5, 0.6) is 0 Å². The van der Waals surface area contributed by atoms with Crippen LogP contribution in [0.2, 0.25) is 0 Å². The fourth-order valence-corrected chi connectivity index (χ4v) is 0.262. The van der Waals surface area contributed by atoms with E-state index in [1.54, 1.807) is 6.92 Å². The standard InChI is InChI=1S/C6H10O3.9C2H4/c1-5(2)6(8)9-4-3-7;9*1-2/h7H,1,3-4H2,2H3;9*1-2H2. The number of aliphatic hydroxyl groups is 1. The van der Waals surface area contributed by atoms with Gasteiger partial charge in [0.2, 0.25) is 0 Å². The molecule has 0 saturated carbocycles. The van der Waals surface area contributed by atoms with Crippen LogP contribution in [0, 0.1) is 0 Å². The number of carbonyl (C=O) groups is 1. The number of carbonyl (C=O) groups excluding carboxylic acids is 1. The van der Waals surface area contributed by atoms with Crippen LogP contribution in [-0.2, 0) is 9.53 Å². The van der Waals surface area contributed by atoms with E-state index >= 15 is 0 Å². The molecule has 0 rings (SSSR count). The fourth-order valence-electron chi connectivity index (χ4n) is 0.262. The predicted octanol–water partition coefficient (Wildman–Crippen LogP) is 7.32. The Bertz CT molecular complexity index is 197. The predicted molar refractivity (Wildman–Crippen MR) is 134 cm³/mol. The summed E-state index contributed by atoms with van der Waals surface area (Å²) in [4.78, 5) is 10.5. The molecule has 0 aliphatic carbocycles. The molecular formula is C24H46O3. The molecule has 0 fully saturated rings. The fraction of sp³-hybridized carbons (Fsp3) is 0.125. The first-order valence-electron chi connectivity index (χ1n) is 7.12. The van der Waals surface area contributed by atoms with Crippen molar-refractivity contribution in [2.45, 2.75) is 6.92 Å². The van der Waals surface area contributed by atoms with E-state index in [2.05, 4.69) is 130 Å². The molecular weight excluding hydrogens is 336 g/mol. The van der Waals surface area contributed by atoms with Crippen molar-refractivity contribution in [1.82, 2.24) is 0 Å². The van der Waals surface area contributed by atoms with Crippen molar-refractivity contribution in [2.75, 3.05) is 13.2 Å². The lowest BCUT2D eigenvalue weighted by atomic mass is 10.4. The SMILES string of the molecule is C=C.C=C.C=C.C=C.C=C.C=C.C=C.C=C.C=C.C=C(C)C(=O)OCCO. The van der Waals surface area contributed by atoms with Gasteiger partial charge < -0.3 is 9.84 Å². The maximum atomic E-state index is 10.5. The smallest absolute Gasteiger partial charge is 0.333 e. The van der Waals surface area contributed by atoms with E-state index in [0.717, 1.165) is 0 Å². The highest BCUT2D eigenvalue weighted by molar-refractivity contribution is 5.86. The number of rotatable bonds is 3. The summed E-state index contributed by atoms with van der Waals surface area (Å²) < 4.78 is 4.46. The molecule has 0 heterocycles. The van der Waals surface area contributed by atoms with Crippen molar-refractivity contribution >= 4 is 5.97 Å². The normalized spacial score (nSPS) is 4.22. The van der Waals surface area contributed by atoms with Crippen LogP contribution in [0.3, 0.4) is 0 Å². The molecule has 0 saturated heterocycles. The Morgan fingerprint density at radius 2 is 0.815 bits per heavy atom. The molecule has 1 N–H and O–H groups in total. The Hall–Kier alpha value is -3.17. The molecule has 0 amide bonds. The van der Waals surface area contributed by atoms with Gasteiger partial charge in [0.05, 0.1) is 6.61 Å². The molecule has 0 aromatic carbocycles. The summed E-state index contributed by atoms with van der Waals surface area (Å²) >= 11 is 0. The highest BCUT2D eigenvalue weighted by Crippen LogP contribution is 1.89. The van der Waals surface area contributed by atoms with Crippen LogP contribution < -0.4 is 0 Å². The van der Waals surface area contributed by atoms with Gasteiger partial charge in [-0.1, -0.05) is 6.58 Å². The van der Waals surface area contributed by atoms with E-state index in [1.807, 2.05) is 0 Å². The van der Waals surface area contributed by atoms with E-state index in [4.69, 9.17) is 5.11 Å². The highest BCUT2D eigenvalue weighted by Gasteiger charge is 1.99. The molecule has 0 radical (unpaired) electrons. The Morgan fingerprint density at radius 1 is 0.630 bits per heavy atom. The van der Waals surface area contributed by atoms with E-state index in [9.17, 15) is 4.79 Å². The molecule has 0 aliphatic heterocycles. The lowest BCUT2D eigenvalue weighted by molar-refractivity contribution is -0.139. The summed E-state index contributed by atoms with van der Waals surface area (Å²) in [6.45, 7) is 58.8. The molecule has 0 aromatic heterocycles. The van der Waals surface area contributed by atoms with Crippen molar-refractivity contribution in [3.05, 3.63) is 131 Å². The third-order valence-corrected chi connectivity index (χ3v) is 0.673. The van der Waals surface area contributed by atoms with Gasteiger partial charge in [-0.05, 0) is 6.92 Å². The average molecular weight is 383 g/mol. The molecule has 0 spiro atoms. The maximum Gasteiger partial charge on any atom is 0.333 e. The summed E-state index contributed by atoms with van der Waals surface area (Å²) in [5, 5.41) is 8.19. The number of ether oxygens (including phenoxy) is 1. The minimum atomic E-state index is -0.455. The maximum absolute atomic E-state index is 10.5. The van der Waals surface area contributed by atoms with Crippen molar-refractivity contribution in [3.8, 4) is 0 Å². The van der Waals surface area contributed by atoms with Crippen LogP contribution >= 0.6 is 0 Å². The minimum absolute atomic E-state index is 0.0473. The zero-order valence-corrected chi connectivity index (χ0v) is 18.1. The first-order valence-corrected chi connectivity index (χ1v) is 7.12. The van der Waals surface area contributed by atoms with Crippen LogP contribution in [0.4, 0.5) is 0 Å². The molecule has 0 bridgehead atoms. The van der Waals surface area contributed by atoms with E-state index in [1.165, 1.54) is 0 Å². The minimum Gasteiger partial charge on any atom is -0.460 e. The molecule has 0 atom stereocenters. The summed E-state index contributed by atoms with van der Waals surface area (Å²) in [7, 11) is 0. The quantitative estimate of drug-likeness (QED) is 0.316. The molecule has 3 nitrogen and oxygen atoms in total. The van der Waals surface area contributed by atoms with Gasteiger partial charge in [-0.15, -0.1) is 118 Å². The van der Waals surface area contributed by atoms with Crippen molar-refractivity contribution < 1.29 is 14.6 Å². The Morgan fingerprint density at radius 3 is 0.926 bits per heavy atom. The Labute approximate surface area is 171 Å². The second-order valence-electron chi connectivity index (χ2n) is 1.64. The Balaban J connectivity index is -0.0000000171. The lowest BCUT2D eigenvalue weighted by Crippen LogP contribution is -2.08. The monoisotopic (exact) mass is 382 g/mol. The first kappa shape index (κ1) is 64.9. The van der Waals surface area contributed by atoms with Crippen LogP contribution in [0.15, 0.2) is 131 Å². The number of esters is 1. The van der Waals surface area contributed by atoms with E-state index in [0.29, 0.717) is 5.57 Å². The van der Waals surface area contributed by atoms with Crippen LogP contribution in [-0.4, -0.2) is 24.3 Å². The zero-order valence-electron chi connectivity index (χ0n) is 18.1. The topological polar surface area (TPSA) is 46.5 Å². The van der Waals surface area contributed by atoms with Gasteiger partial charge in [-0.3, -0.25) is 0 Å². The number of hydrogen-bond acceptors (Lipinski definition) is 3. The third-order valence-electron chi connectivity index (χ3n) is 0.673. The summed E-state index contributed by atoms with van der Waals surface area (Å²) in [5.74, 6) is -0.455. The Kier molecular flexibility index (Phi) is 770. The summed E-state index contributed by atoms with van der Waals surface area (Å²) in [6, 6.07) is 0. The number of hydrogen-bond donors (Lipinski definition) is 1. The van der Waals surface area contributed by atoms with Gasteiger partial charge in [0.25, 0.3) is 0 Å². The van der Waals surface area contributed by atoms with Gasteiger partial charge in [0.1, 0.15) is 6.61 Å². The lowest BCUT2D eigenvalue weighted by Gasteiger charge is -1.99. The van der Waals surface area contributed by atoms with Gasteiger partial charge in [0.15, 0.2) is 0 Å². The van der Waals surface area contributed by atoms with E-state index in [-0.39, 0.29) is 13.2 Å². The third kappa shape index (κ3) is 425. The molecule has 160 valence electrons. The second kappa shape index (κ2) is 320. The van der Waals surface area contributed by atoms with Crippen molar-refractivity contribution in [1.29, 1.82) is 0 Å². The van der Waals surface area contributed by atoms with Crippen LogP contribution in [0.1, 0.15) is 6.92 Å². The molecule has 27 heavy (non-hydrogen) atoms. The van der Waals surface area contributed by atoms with Gasteiger partial charge in [0, 0.05) is 5.57 Å². The number of aliphatic hydroxyl groups excluding tert-OH is 1. The van der Waals surface area contributed by atoms with Crippen LogP contribution in [0.25, 0.3) is 0 Å². The van der Waals surface area contributed by atoms with Crippen molar-refractivity contribution in [2.24, 2.45) is 0 Å². The molecule has 0 aromatic rings. The van der Waals surface area contributed by atoms with E-state index < -0.39 is 5.97 Å². The first-order chi connectivity index (χ1) is 13.2. The van der Waals surface area contributed by atoms with Gasteiger partial charge in [-0.25, -0.2) is 4.79 Å². The molecule has 3 heteroatoms. The van der Waals surface area contributed by atoms with Gasteiger partial charge >= 0.3 is 5.97 Å². The second-order valence-corrected chi connectivity index (χ2v) is 1.64. The zero-order chi connectivity index (χ0) is 25.3. The largest absolute Gasteiger partial charge is 0.460 e. The summed E-state index contributed by atoms with van der Waals surface area (Å²) in [5.41, 5.74) is 0.350. The molecule has 0 unspecified atom stereocenters. The summed E-state index contributed by atoms with van der Waals surface area (Å²) in [6.07, 6.45) is 0. The molecule has 0 aliphatic rings. The highest BCUT2D eigenvalue weighted by atomic mass is 16.5.